The number of allylic oxidation sites excluding steroid dienone is 7. The molecule has 3 unspecified atom stereocenters. The Kier molecular flexibility index (Phi) is 14.8. The van der Waals surface area contributed by atoms with Gasteiger partial charge in [-0.25, -0.2) is 8.88 Å². The number of hydrogen-bond acceptors (Lipinski definition) is 5. The van der Waals surface area contributed by atoms with Crippen molar-refractivity contribution in [2.24, 2.45) is 0 Å². The van der Waals surface area contributed by atoms with Crippen LogP contribution in [0.25, 0.3) is 0 Å². The molecule has 0 aliphatic heterocycles. The highest BCUT2D eigenvalue weighted by molar-refractivity contribution is 7.68. The quantitative estimate of drug-likeness (QED) is 0.128. The summed E-state index contributed by atoms with van der Waals surface area (Å²) in [4.78, 5) is 27.0. The van der Waals surface area contributed by atoms with Crippen LogP contribution in [0, 0.1) is 0 Å². The average molecular weight is 483 g/mol. The molecule has 3 atom stereocenters. The van der Waals surface area contributed by atoms with Crippen molar-refractivity contribution in [2.45, 2.75) is 72.6 Å². The van der Waals surface area contributed by atoms with Crippen LogP contribution in [-0.2, 0) is 22.3 Å². The lowest BCUT2D eigenvalue weighted by Gasteiger charge is -2.07. The molecule has 11 heteroatoms. The van der Waals surface area contributed by atoms with Crippen molar-refractivity contribution in [1.29, 1.82) is 0 Å². The minimum Gasteiger partial charge on any atom is -0.321 e. The maximum atomic E-state index is 11.7. The summed E-state index contributed by atoms with van der Waals surface area (Å²) >= 11 is 0. The van der Waals surface area contributed by atoms with Crippen LogP contribution in [0.1, 0.15) is 72.6 Å². The van der Waals surface area contributed by atoms with Gasteiger partial charge in [0.05, 0.1) is 0 Å². The molecule has 8 nitrogen and oxygen atoms in total. The maximum Gasteiger partial charge on any atom is 0.705 e. The third-order valence-electron chi connectivity index (χ3n) is 4.04. The molecule has 172 valence electrons. The Hall–Kier alpha value is -0.680. The van der Waals surface area contributed by atoms with Crippen molar-refractivity contribution in [2.75, 3.05) is 0 Å². The molecule has 0 fully saturated rings. The molecule has 3 N–H and O–H groups in total. The van der Waals surface area contributed by atoms with Gasteiger partial charge in [0.15, 0.2) is 0 Å². The van der Waals surface area contributed by atoms with E-state index in [9.17, 15) is 18.6 Å². The van der Waals surface area contributed by atoms with Crippen molar-refractivity contribution < 1.29 is 37.0 Å². The predicted molar refractivity (Wildman–Crippen MR) is 120 cm³/mol. The van der Waals surface area contributed by atoms with Crippen LogP contribution >= 0.6 is 23.7 Å². The summed E-state index contributed by atoms with van der Waals surface area (Å²) in [6.45, 7) is 8.32. The van der Waals surface area contributed by atoms with Crippen LogP contribution in [0.15, 0.2) is 46.8 Å². The molecule has 0 aromatic heterocycles. The predicted octanol–water partition coefficient (Wildman–Crippen LogP) is 7.06. The van der Waals surface area contributed by atoms with Crippen molar-refractivity contribution in [3.05, 3.63) is 46.8 Å². The number of unbranched alkanes of at least 4 members (excludes halogenated alkanes) is 1. The normalized spacial score (nSPS) is 18.4. The van der Waals surface area contributed by atoms with Gasteiger partial charge in [-0.1, -0.05) is 54.4 Å². The Bertz CT molecular complexity index is 768. The van der Waals surface area contributed by atoms with Crippen LogP contribution < -0.4 is 0 Å². The lowest BCUT2D eigenvalue weighted by Crippen LogP contribution is -1.87. The molecule has 0 aliphatic carbocycles. The van der Waals surface area contributed by atoms with Crippen LogP contribution in [0.4, 0.5) is 0 Å². The molecule has 0 spiro atoms. The average Bonchev–Trinajstić information content (AvgIpc) is 2.57. The van der Waals surface area contributed by atoms with Gasteiger partial charge in [-0.15, -0.1) is 4.89 Å². The molecule has 0 aromatic rings. The molecule has 0 saturated heterocycles. The molecule has 0 radical (unpaired) electrons. The smallest absolute Gasteiger partial charge is 0.321 e. The van der Waals surface area contributed by atoms with E-state index < -0.39 is 23.7 Å². The Morgan fingerprint density at radius 3 is 2.03 bits per heavy atom. The Morgan fingerprint density at radius 1 is 0.967 bits per heavy atom. The zero-order valence-electron chi connectivity index (χ0n) is 18.1. The SMILES string of the molecule is CCCCC(C)=CCC/C(C)=C/CC/C(C)=C/C=C/P(=O)(O)OP(=O)(O)O[P+](=O)O. The first-order valence-corrected chi connectivity index (χ1v) is 14.0. The van der Waals surface area contributed by atoms with E-state index in [0.29, 0.717) is 5.82 Å². The van der Waals surface area contributed by atoms with Gasteiger partial charge in [0, 0.05) is 10.4 Å². The van der Waals surface area contributed by atoms with Gasteiger partial charge in [-0.05, 0) is 63.6 Å². The highest BCUT2D eigenvalue weighted by atomic mass is 31.3. The van der Waals surface area contributed by atoms with Gasteiger partial charge in [-0.2, -0.15) is 0 Å². The standard InChI is InChI=1S/C19H33O8P3/c1-5-6-10-17(2)11-7-12-18(3)13-8-14-19(4)15-9-16-29(22,23)27-30(24,25)26-28(20)21/h9,11,13,15-16H,5-8,10,12,14H2,1-4H3,(H2-,20,21,22,23,24,25)/p+1/b16-9+,17-11?,18-13+,19-15+. The van der Waals surface area contributed by atoms with Crippen molar-refractivity contribution in [1.82, 2.24) is 0 Å². The van der Waals surface area contributed by atoms with E-state index in [4.69, 9.17) is 9.79 Å². The first kappa shape index (κ1) is 29.3. The largest absolute Gasteiger partial charge is 0.705 e. The van der Waals surface area contributed by atoms with Crippen LogP contribution in [0.2, 0.25) is 0 Å². The van der Waals surface area contributed by atoms with Gasteiger partial charge >= 0.3 is 23.7 Å². The maximum absolute atomic E-state index is 11.7. The van der Waals surface area contributed by atoms with E-state index in [1.165, 1.54) is 30.1 Å². The second kappa shape index (κ2) is 15.2. The number of hydrogen-bond donors (Lipinski definition) is 3. The Labute approximate surface area is 180 Å². The summed E-state index contributed by atoms with van der Waals surface area (Å²) < 4.78 is 41.1. The van der Waals surface area contributed by atoms with Gasteiger partial charge in [0.2, 0.25) is 0 Å². The number of rotatable bonds is 15. The summed E-state index contributed by atoms with van der Waals surface area (Å²) in [5.74, 6) is 0.710. The fraction of sp³-hybridized carbons (Fsp3) is 0.579. The van der Waals surface area contributed by atoms with E-state index in [-0.39, 0.29) is 0 Å². The summed E-state index contributed by atoms with van der Waals surface area (Å²) in [6.07, 6.45) is 14.5. The lowest BCUT2D eigenvalue weighted by molar-refractivity contribution is 0.266. The second-order valence-corrected chi connectivity index (χ2v) is 11.2. The second-order valence-electron chi connectivity index (χ2n) is 7.07. The molecular formula is C19H34O8P3+. The lowest BCUT2D eigenvalue weighted by atomic mass is 10.0. The van der Waals surface area contributed by atoms with E-state index in [1.54, 1.807) is 6.08 Å². The molecule has 0 bridgehead atoms. The Balaban J connectivity index is 4.48. The highest BCUT2D eigenvalue weighted by Gasteiger charge is 2.40. The van der Waals surface area contributed by atoms with Gasteiger partial charge < -0.3 is 4.89 Å². The third kappa shape index (κ3) is 17.0. The van der Waals surface area contributed by atoms with Gasteiger partial charge in [-0.3, -0.25) is 9.46 Å². The topological polar surface area (TPSA) is 130 Å². The van der Waals surface area contributed by atoms with Gasteiger partial charge in [0.1, 0.15) is 0 Å². The summed E-state index contributed by atoms with van der Waals surface area (Å²) in [7, 11) is -13.2. The first-order valence-electron chi connectivity index (χ1n) is 9.75. The monoisotopic (exact) mass is 483 g/mol. The number of phosphoric acid groups is 1. The summed E-state index contributed by atoms with van der Waals surface area (Å²) in [5.41, 5.74) is 3.69. The minimum absolute atomic E-state index is 0.710. The summed E-state index contributed by atoms with van der Waals surface area (Å²) in [5, 5.41) is 0. The van der Waals surface area contributed by atoms with E-state index >= 15 is 0 Å². The van der Waals surface area contributed by atoms with Crippen molar-refractivity contribution >= 4 is 23.7 Å². The molecule has 0 amide bonds. The molecule has 0 saturated carbocycles. The highest BCUT2D eigenvalue weighted by Crippen LogP contribution is 2.63. The third-order valence-corrected chi connectivity index (χ3v) is 7.73. The first-order chi connectivity index (χ1) is 13.9. The van der Waals surface area contributed by atoms with E-state index in [1.807, 2.05) is 6.92 Å². The van der Waals surface area contributed by atoms with Crippen molar-refractivity contribution in [3.63, 3.8) is 0 Å². The van der Waals surface area contributed by atoms with E-state index in [2.05, 4.69) is 41.5 Å². The molecule has 30 heavy (non-hydrogen) atoms. The molecule has 0 aliphatic rings. The summed E-state index contributed by atoms with van der Waals surface area (Å²) in [6, 6.07) is 0. The zero-order valence-corrected chi connectivity index (χ0v) is 20.7. The van der Waals surface area contributed by atoms with E-state index in [0.717, 1.165) is 37.7 Å². The minimum atomic E-state index is -5.12. The molecule has 0 heterocycles. The molecular weight excluding hydrogens is 449 g/mol. The molecule has 0 rings (SSSR count). The van der Waals surface area contributed by atoms with Gasteiger partial charge in [0.25, 0.3) is 0 Å². The zero-order chi connectivity index (χ0) is 23.2. The van der Waals surface area contributed by atoms with Crippen LogP contribution in [0.5, 0.6) is 0 Å². The van der Waals surface area contributed by atoms with Crippen molar-refractivity contribution in [3.8, 4) is 0 Å². The van der Waals surface area contributed by atoms with Crippen LogP contribution in [0.3, 0.4) is 0 Å². The fourth-order valence-corrected chi connectivity index (χ4v) is 5.23. The Morgan fingerprint density at radius 2 is 1.50 bits per heavy atom. The fourth-order valence-electron chi connectivity index (χ4n) is 2.43. The molecule has 0 aromatic carbocycles. The van der Waals surface area contributed by atoms with Crippen LogP contribution in [-0.4, -0.2) is 14.7 Å².